The van der Waals surface area contributed by atoms with Crippen molar-refractivity contribution >= 4 is 5.52 Å². The van der Waals surface area contributed by atoms with Crippen molar-refractivity contribution < 1.29 is 4.39 Å². The highest BCUT2D eigenvalue weighted by Gasteiger charge is 2.17. The van der Waals surface area contributed by atoms with Crippen molar-refractivity contribution in [1.82, 2.24) is 15.0 Å². The number of nitrogens with zero attached hydrogens (tertiary/aromatic N) is 2. The minimum absolute atomic E-state index is 0.188. The summed E-state index contributed by atoms with van der Waals surface area (Å²) < 4.78 is 15.5. The summed E-state index contributed by atoms with van der Waals surface area (Å²) in [5.41, 5.74) is 5.30. The number of nitrogens with one attached hydrogen (secondary N) is 1. The molecule has 0 fully saturated rings. The van der Waals surface area contributed by atoms with E-state index < -0.39 is 0 Å². The molecule has 1 aromatic carbocycles. The molecule has 0 amide bonds. The van der Waals surface area contributed by atoms with Gasteiger partial charge in [0.25, 0.3) is 0 Å². The summed E-state index contributed by atoms with van der Waals surface area (Å²) in [5, 5.41) is 4.28. The largest absolute Gasteiger partial charge is 0.271 e. The molecular formula is C15H15FN4. The van der Waals surface area contributed by atoms with E-state index in [0.29, 0.717) is 12.0 Å². The van der Waals surface area contributed by atoms with Crippen molar-refractivity contribution in [3.63, 3.8) is 0 Å². The van der Waals surface area contributed by atoms with E-state index in [-0.39, 0.29) is 11.9 Å². The Morgan fingerprint density at radius 2 is 2.00 bits per heavy atom. The maximum atomic E-state index is 13.8. The van der Waals surface area contributed by atoms with Crippen LogP contribution in [0.1, 0.15) is 17.2 Å². The summed E-state index contributed by atoms with van der Waals surface area (Å²) in [7, 11) is 0. The second-order valence-corrected chi connectivity index (χ2v) is 4.65. The fourth-order valence-electron chi connectivity index (χ4n) is 2.37. The number of fused-ring (bicyclic) bond motifs is 1. The zero-order valence-electron chi connectivity index (χ0n) is 10.8. The Morgan fingerprint density at radius 3 is 2.80 bits per heavy atom. The smallest absolute Gasteiger partial charge is 0.126 e. The van der Waals surface area contributed by atoms with Gasteiger partial charge in [0.1, 0.15) is 5.82 Å². The SMILES string of the molecule is NNC(Cc1ccccc1F)c1cnn2ccccc12. The molecule has 2 aromatic heterocycles. The van der Waals surface area contributed by atoms with E-state index in [0.717, 1.165) is 11.1 Å². The normalized spacial score (nSPS) is 12.7. The Hall–Kier alpha value is -2.24. The summed E-state index contributed by atoms with van der Waals surface area (Å²) in [6.07, 6.45) is 4.11. The van der Waals surface area contributed by atoms with Gasteiger partial charge in [0, 0.05) is 11.8 Å². The minimum atomic E-state index is -0.218. The lowest BCUT2D eigenvalue weighted by molar-refractivity contribution is 0.531. The first-order chi connectivity index (χ1) is 9.79. The van der Waals surface area contributed by atoms with Crippen LogP contribution in [-0.4, -0.2) is 9.61 Å². The number of hydrazine groups is 1. The van der Waals surface area contributed by atoms with Crippen molar-refractivity contribution in [2.75, 3.05) is 0 Å². The molecule has 2 heterocycles. The summed E-state index contributed by atoms with van der Waals surface area (Å²) in [6, 6.07) is 12.4. The van der Waals surface area contributed by atoms with Crippen LogP contribution in [-0.2, 0) is 6.42 Å². The van der Waals surface area contributed by atoms with E-state index >= 15 is 0 Å². The molecule has 20 heavy (non-hydrogen) atoms. The predicted octanol–water partition coefficient (Wildman–Crippen LogP) is 2.22. The maximum Gasteiger partial charge on any atom is 0.126 e. The quantitative estimate of drug-likeness (QED) is 0.564. The first kappa shape index (κ1) is 12.8. The highest BCUT2D eigenvalue weighted by molar-refractivity contribution is 5.55. The Labute approximate surface area is 116 Å². The topological polar surface area (TPSA) is 55.3 Å². The van der Waals surface area contributed by atoms with Crippen molar-refractivity contribution in [3.05, 3.63) is 71.8 Å². The number of hydrogen-bond donors (Lipinski definition) is 2. The highest BCUT2D eigenvalue weighted by atomic mass is 19.1. The Morgan fingerprint density at radius 1 is 1.20 bits per heavy atom. The van der Waals surface area contributed by atoms with E-state index in [1.165, 1.54) is 6.07 Å². The fraction of sp³-hybridized carbons (Fsp3) is 0.133. The highest BCUT2D eigenvalue weighted by Crippen LogP contribution is 2.23. The van der Waals surface area contributed by atoms with Gasteiger partial charge < -0.3 is 0 Å². The average molecular weight is 270 g/mol. The van der Waals surface area contributed by atoms with Gasteiger partial charge in [-0.1, -0.05) is 24.3 Å². The van der Waals surface area contributed by atoms with Gasteiger partial charge >= 0.3 is 0 Å². The summed E-state index contributed by atoms with van der Waals surface area (Å²) in [6.45, 7) is 0. The fourth-order valence-corrected chi connectivity index (χ4v) is 2.37. The third-order valence-corrected chi connectivity index (χ3v) is 3.41. The van der Waals surface area contributed by atoms with Crippen molar-refractivity contribution in [3.8, 4) is 0 Å². The van der Waals surface area contributed by atoms with Gasteiger partial charge in [0.2, 0.25) is 0 Å². The lowest BCUT2D eigenvalue weighted by Crippen LogP contribution is -2.29. The first-order valence-corrected chi connectivity index (χ1v) is 6.41. The third-order valence-electron chi connectivity index (χ3n) is 3.41. The van der Waals surface area contributed by atoms with Crippen LogP contribution >= 0.6 is 0 Å². The molecule has 0 spiro atoms. The Bertz CT molecular complexity index is 722. The third kappa shape index (κ3) is 2.29. The average Bonchev–Trinajstić information content (AvgIpc) is 2.90. The molecular weight excluding hydrogens is 255 g/mol. The molecule has 3 rings (SSSR count). The molecule has 3 aromatic rings. The Kier molecular flexibility index (Phi) is 3.45. The van der Waals surface area contributed by atoms with Gasteiger partial charge in [-0.25, -0.2) is 8.91 Å². The van der Waals surface area contributed by atoms with Gasteiger partial charge in [-0.05, 0) is 30.2 Å². The number of hydrogen-bond acceptors (Lipinski definition) is 3. The lowest BCUT2D eigenvalue weighted by atomic mass is 10.00. The molecule has 0 radical (unpaired) electrons. The van der Waals surface area contributed by atoms with Crippen LogP contribution in [0.4, 0.5) is 4.39 Å². The molecule has 0 aliphatic rings. The monoisotopic (exact) mass is 270 g/mol. The van der Waals surface area contributed by atoms with Crippen LogP contribution in [0.2, 0.25) is 0 Å². The zero-order valence-corrected chi connectivity index (χ0v) is 10.8. The molecule has 102 valence electrons. The van der Waals surface area contributed by atoms with Gasteiger partial charge in [-0.15, -0.1) is 0 Å². The van der Waals surface area contributed by atoms with Crippen LogP contribution in [0.3, 0.4) is 0 Å². The maximum absolute atomic E-state index is 13.8. The van der Waals surface area contributed by atoms with E-state index in [4.69, 9.17) is 5.84 Å². The summed E-state index contributed by atoms with van der Waals surface area (Å²) in [4.78, 5) is 0. The van der Waals surface area contributed by atoms with E-state index in [1.807, 2.05) is 30.5 Å². The van der Waals surface area contributed by atoms with Crippen LogP contribution in [0.15, 0.2) is 54.9 Å². The molecule has 0 bridgehead atoms. The Balaban J connectivity index is 1.96. The second-order valence-electron chi connectivity index (χ2n) is 4.65. The van der Waals surface area contributed by atoms with Crippen LogP contribution in [0.25, 0.3) is 5.52 Å². The number of rotatable bonds is 4. The molecule has 1 atom stereocenters. The van der Waals surface area contributed by atoms with Crippen molar-refractivity contribution in [2.45, 2.75) is 12.5 Å². The molecule has 0 saturated heterocycles. The zero-order chi connectivity index (χ0) is 13.9. The number of benzene rings is 1. The van der Waals surface area contributed by atoms with Crippen LogP contribution < -0.4 is 11.3 Å². The molecule has 1 unspecified atom stereocenters. The number of pyridine rings is 1. The van der Waals surface area contributed by atoms with Crippen molar-refractivity contribution in [2.24, 2.45) is 5.84 Å². The minimum Gasteiger partial charge on any atom is -0.271 e. The molecule has 0 aliphatic carbocycles. The van der Waals surface area contributed by atoms with E-state index in [2.05, 4.69) is 10.5 Å². The molecule has 3 N–H and O–H groups in total. The molecule has 5 heteroatoms. The molecule has 0 saturated carbocycles. The van der Waals surface area contributed by atoms with Gasteiger partial charge in [0.15, 0.2) is 0 Å². The standard InChI is InChI=1S/C15H15FN4/c16-13-6-2-1-5-11(13)9-14(19-17)12-10-18-20-8-4-3-7-15(12)20/h1-8,10,14,19H,9,17H2. The van der Waals surface area contributed by atoms with Crippen LogP contribution in [0, 0.1) is 5.82 Å². The number of aromatic nitrogens is 2. The van der Waals surface area contributed by atoms with Crippen molar-refractivity contribution in [1.29, 1.82) is 0 Å². The van der Waals surface area contributed by atoms with Gasteiger partial charge in [0.05, 0.1) is 17.8 Å². The van der Waals surface area contributed by atoms with E-state index in [9.17, 15) is 4.39 Å². The molecule has 4 nitrogen and oxygen atoms in total. The predicted molar refractivity (Wildman–Crippen MR) is 75.4 cm³/mol. The van der Waals surface area contributed by atoms with Gasteiger partial charge in [-0.3, -0.25) is 11.3 Å². The van der Waals surface area contributed by atoms with Crippen LogP contribution in [0.5, 0.6) is 0 Å². The number of nitrogens with two attached hydrogens (primary N) is 1. The summed E-state index contributed by atoms with van der Waals surface area (Å²) in [5.74, 6) is 5.43. The molecule has 0 aliphatic heterocycles. The number of halogens is 1. The van der Waals surface area contributed by atoms with Gasteiger partial charge in [-0.2, -0.15) is 5.10 Å². The summed E-state index contributed by atoms with van der Waals surface area (Å²) >= 11 is 0. The lowest BCUT2D eigenvalue weighted by Gasteiger charge is -2.15. The first-order valence-electron chi connectivity index (χ1n) is 6.41. The van der Waals surface area contributed by atoms with E-state index in [1.54, 1.807) is 22.8 Å². The second kappa shape index (κ2) is 5.40.